The predicted octanol–water partition coefficient (Wildman–Crippen LogP) is 3.72. The van der Waals surface area contributed by atoms with Crippen molar-refractivity contribution in [2.24, 2.45) is 0 Å². The first-order chi connectivity index (χ1) is 5.91. The lowest BCUT2D eigenvalue weighted by Crippen LogP contribution is -1.77. The Hall–Kier alpha value is -0.300. The van der Waals surface area contributed by atoms with Crippen LogP contribution < -0.4 is 0 Å². The van der Waals surface area contributed by atoms with E-state index in [9.17, 15) is 5.11 Å². The molecule has 0 saturated heterocycles. The van der Waals surface area contributed by atoms with Gasteiger partial charge in [-0.3, -0.25) is 0 Å². The van der Waals surface area contributed by atoms with E-state index >= 15 is 0 Å². The third-order valence-electron chi connectivity index (χ3n) is 1.91. The third kappa shape index (κ3) is 9.70. The number of rotatable bonds is 8. The largest absolute Gasteiger partial charge is 0.237 e. The molecule has 0 aromatic carbocycles. The minimum atomic E-state index is 0.0696. The van der Waals surface area contributed by atoms with Gasteiger partial charge >= 0.3 is 0 Å². The molecule has 0 aliphatic heterocycles. The summed E-state index contributed by atoms with van der Waals surface area (Å²) < 4.78 is 0. The van der Waals surface area contributed by atoms with E-state index in [1.54, 1.807) is 0 Å². The van der Waals surface area contributed by atoms with Gasteiger partial charge in [0, 0.05) is 0 Å². The van der Waals surface area contributed by atoms with E-state index in [1.165, 1.54) is 32.1 Å². The Morgan fingerprint density at radius 2 is 1.58 bits per heavy atom. The van der Waals surface area contributed by atoms with Crippen molar-refractivity contribution in [2.45, 2.75) is 51.9 Å². The van der Waals surface area contributed by atoms with Gasteiger partial charge in [-0.25, -0.2) is 5.11 Å². The minimum absolute atomic E-state index is 0.0696. The van der Waals surface area contributed by atoms with Gasteiger partial charge in [0.2, 0.25) is 0 Å². The minimum Gasteiger partial charge on any atom is -0.237 e. The zero-order valence-electron chi connectivity index (χ0n) is 8.22. The van der Waals surface area contributed by atoms with E-state index < -0.39 is 0 Å². The van der Waals surface area contributed by atoms with Crippen LogP contribution in [-0.2, 0) is 5.11 Å². The Labute approximate surface area is 76.5 Å². The average molecular weight is 169 g/mol. The second-order valence-electron chi connectivity index (χ2n) is 3.17. The second-order valence-corrected chi connectivity index (χ2v) is 3.17. The summed E-state index contributed by atoms with van der Waals surface area (Å²) in [7, 11) is 0. The molecule has 1 radical (unpaired) electrons. The van der Waals surface area contributed by atoms with Crippen LogP contribution in [0.15, 0.2) is 12.2 Å². The molecular weight excluding hydrogens is 148 g/mol. The van der Waals surface area contributed by atoms with Crippen LogP contribution in [0.25, 0.3) is 0 Å². The smallest absolute Gasteiger partial charge is 0.0825 e. The maximum atomic E-state index is 10.1. The standard InChI is InChI=1S/C11H21O/c1-2-3-4-5-6-7-8-9-10-11-12/h7-8H,2-6,9-11H2,1H3/b8-7-. The average Bonchev–Trinajstić information content (AvgIpc) is 2.10. The fourth-order valence-corrected chi connectivity index (χ4v) is 1.13. The van der Waals surface area contributed by atoms with Crippen LogP contribution in [-0.4, -0.2) is 6.61 Å². The van der Waals surface area contributed by atoms with Crippen molar-refractivity contribution in [3.8, 4) is 0 Å². The Balaban J connectivity index is 2.92. The monoisotopic (exact) mass is 169 g/mol. The van der Waals surface area contributed by atoms with Gasteiger partial charge in [-0.2, -0.15) is 0 Å². The number of unbranched alkanes of at least 4 members (excludes halogenated alkanes) is 5. The van der Waals surface area contributed by atoms with Gasteiger partial charge < -0.3 is 0 Å². The first-order valence-electron chi connectivity index (χ1n) is 5.15. The van der Waals surface area contributed by atoms with Crippen molar-refractivity contribution >= 4 is 0 Å². The summed E-state index contributed by atoms with van der Waals surface area (Å²) in [5.41, 5.74) is 0. The molecule has 0 amide bonds. The summed E-state index contributed by atoms with van der Waals surface area (Å²) in [5.74, 6) is 0. The third-order valence-corrected chi connectivity index (χ3v) is 1.91. The summed E-state index contributed by atoms with van der Waals surface area (Å²) in [4.78, 5) is 0. The summed E-state index contributed by atoms with van der Waals surface area (Å²) in [6, 6.07) is 0. The second kappa shape index (κ2) is 10.7. The molecule has 1 heteroatoms. The van der Waals surface area contributed by atoms with Crippen molar-refractivity contribution in [3.63, 3.8) is 0 Å². The predicted molar refractivity (Wildman–Crippen MR) is 52.7 cm³/mol. The topological polar surface area (TPSA) is 19.9 Å². The number of allylic oxidation sites excluding steroid dienone is 2. The van der Waals surface area contributed by atoms with Gasteiger partial charge in [-0.05, 0) is 25.7 Å². The van der Waals surface area contributed by atoms with Crippen molar-refractivity contribution < 1.29 is 5.11 Å². The molecule has 0 heterocycles. The first kappa shape index (κ1) is 11.7. The van der Waals surface area contributed by atoms with Gasteiger partial charge in [0.1, 0.15) is 0 Å². The molecule has 0 bridgehead atoms. The lowest BCUT2D eigenvalue weighted by atomic mass is 10.1. The van der Waals surface area contributed by atoms with Crippen LogP contribution in [0.4, 0.5) is 0 Å². The molecule has 0 fully saturated rings. The van der Waals surface area contributed by atoms with E-state index in [2.05, 4.69) is 19.1 Å². The molecule has 0 aliphatic carbocycles. The fraction of sp³-hybridized carbons (Fsp3) is 0.818. The SMILES string of the molecule is CCCCCC/C=C\CCC[O]. The number of hydrogen-bond acceptors (Lipinski definition) is 0. The highest BCUT2D eigenvalue weighted by Gasteiger charge is 1.84. The highest BCUT2D eigenvalue weighted by molar-refractivity contribution is 4.81. The summed E-state index contributed by atoms with van der Waals surface area (Å²) in [6.45, 7) is 2.30. The molecule has 0 aromatic heterocycles. The van der Waals surface area contributed by atoms with Crippen molar-refractivity contribution in [3.05, 3.63) is 12.2 Å². The first-order valence-corrected chi connectivity index (χ1v) is 5.15. The lowest BCUT2D eigenvalue weighted by molar-refractivity contribution is 0.190. The van der Waals surface area contributed by atoms with Gasteiger partial charge in [0.15, 0.2) is 0 Å². The molecule has 1 nitrogen and oxygen atoms in total. The summed E-state index contributed by atoms with van der Waals surface area (Å²) in [6.07, 6.45) is 12.6. The Bertz CT molecular complexity index is 97.2. The van der Waals surface area contributed by atoms with Gasteiger partial charge in [-0.1, -0.05) is 38.3 Å². The van der Waals surface area contributed by atoms with Crippen LogP contribution >= 0.6 is 0 Å². The maximum absolute atomic E-state index is 10.1. The van der Waals surface area contributed by atoms with E-state index in [4.69, 9.17) is 0 Å². The fourth-order valence-electron chi connectivity index (χ4n) is 1.13. The van der Waals surface area contributed by atoms with Crippen LogP contribution in [0, 0.1) is 0 Å². The van der Waals surface area contributed by atoms with E-state index in [0.29, 0.717) is 0 Å². The van der Waals surface area contributed by atoms with Crippen molar-refractivity contribution in [1.29, 1.82) is 0 Å². The van der Waals surface area contributed by atoms with E-state index in [0.717, 1.165) is 12.8 Å². The Kier molecular flexibility index (Phi) is 10.4. The van der Waals surface area contributed by atoms with Gasteiger partial charge in [-0.15, -0.1) is 0 Å². The molecule has 0 N–H and O–H groups in total. The Morgan fingerprint density at radius 3 is 2.17 bits per heavy atom. The van der Waals surface area contributed by atoms with Crippen molar-refractivity contribution in [1.82, 2.24) is 0 Å². The van der Waals surface area contributed by atoms with Crippen LogP contribution in [0.2, 0.25) is 0 Å². The van der Waals surface area contributed by atoms with E-state index in [-0.39, 0.29) is 6.61 Å². The number of hydrogen-bond donors (Lipinski definition) is 0. The lowest BCUT2D eigenvalue weighted by Gasteiger charge is -1.93. The van der Waals surface area contributed by atoms with Crippen LogP contribution in [0.3, 0.4) is 0 Å². The maximum Gasteiger partial charge on any atom is 0.0825 e. The highest BCUT2D eigenvalue weighted by Crippen LogP contribution is 2.03. The molecule has 0 spiro atoms. The van der Waals surface area contributed by atoms with Gasteiger partial charge in [0.05, 0.1) is 6.61 Å². The Morgan fingerprint density at radius 1 is 0.917 bits per heavy atom. The molecule has 0 aromatic rings. The zero-order chi connectivity index (χ0) is 9.07. The zero-order valence-corrected chi connectivity index (χ0v) is 8.22. The normalized spacial score (nSPS) is 11.2. The van der Waals surface area contributed by atoms with Crippen molar-refractivity contribution in [2.75, 3.05) is 6.61 Å². The molecule has 0 unspecified atom stereocenters. The molecule has 0 rings (SSSR count). The highest BCUT2D eigenvalue weighted by atomic mass is 16.2. The summed E-state index contributed by atoms with van der Waals surface area (Å²) in [5, 5.41) is 10.1. The molecule has 0 saturated carbocycles. The quantitative estimate of drug-likeness (QED) is 0.390. The molecular formula is C11H21O. The molecule has 12 heavy (non-hydrogen) atoms. The molecule has 71 valence electrons. The van der Waals surface area contributed by atoms with Gasteiger partial charge in [0.25, 0.3) is 0 Å². The molecule has 0 atom stereocenters. The van der Waals surface area contributed by atoms with E-state index in [1.807, 2.05) is 0 Å². The summed E-state index contributed by atoms with van der Waals surface area (Å²) >= 11 is 0. The van der Waals surface area contributed by atoms with Crippen LogP contribution in [0.5, 0.6) is 0 Å². The van der Waals surface area contributed by atoms with Crippen LogP contribution in [0.1, 0.15) is 51.9 Å². The molecule has 0 aliphatic rings.